The molecule has 1 aromatic carbocycles. The van der Waals surface area contributed by atoms with Crippen molar-refractivity contribution >= 4 is 23.2 Å². The molecule has 0 bridgehead atoms. The maximum absolute atomic E-state index is 11.4. The fraction of sp³-hybridized carbons (Fsp3) is 0.364. The molecule has 5 heteroatoms. The molecule has 0 aliphatic carbocycles. The number of carbonyl (C=O) groups is 1. The maximum atomic E-state index is 11.4. The van der Waals surface area contributed by atoms with Gasteiger partial charge in [-0.1, -0.05) is 11.6 Å². The molecule has 1 amide bonds. The summed E-state index contributed by atoms with van der Waals surface area (Å²) in [5.74, 6) is -0.199. The first-order valence-corrected chi connectivity index (χ1v) is 5.34. The maximum Gasteiger partial charge on any atom is 0.224 e. The van der Waals surface area contributed by atoms with Crippen LogP contribution >= 0.6 is 11.6 Å². The highest BCUT2D eigenvalue weighted by molar-refractivity contribution is 6.30. The van der Waals surface area contributed by atoms with Crippen LogP contribution in [0.5, 0.6) is 0 Å². The summed E-state index contributed by atoms with van der Waals surface area (Å²) in [5.41, 5.74) is 0.660. The number of amides is 1. The number of rotatable bonds is 5. The second kappa shape index (κ2) is 6.48. The van der Waals surface area contributed by atoms with Crippen LogP contribution in [0.15, 0.2) is 24.3 Å². The molecule has 0 aliphatic heterocycles. The number of nitrogens with one attached hydrogen (secondary N) is 1. The summed E-state index contributed by atoms with van der Waals surface area (Å²) in [6, 6.07) is 6.75. The number of anilines is 1. The van der Waals surface area contributed by atoms with E-state index in [4.69, 9.17) is 21.8 Å². The third-order valence-electron chi connectivity index (χ3n) is 2.04. The van der Waals surface area contributed by atoms with Crippen LogP contribution in [-0.2, 0) is 4.79 Å². The van der Waals surface area contributed by atoms with Crippen LogP contribution in [0.25, 0.3) is 0 Å². The lowest BCUT2D eigenvalue weighted by atomic mass is 10.2. The third-order valence-corrected chi connectivity index (χ3v) is 2.30. The van der Waals surface area contributed by atoms with E-state index in [1.54, 1.807) is 24.3 Å². The largest absolute Gasteiger partial charge is 0.394 e. The number of benzene rings is 1. The lowest BCUT2D eigenvalue weighted by Crippen LogP contribution is -2.17. The van der Waals surface area contributed by atoms with Crippen LogP contribution in [0.1, 0.15) is 12.8 Å². The highest BCUT2D eigenvalue weighted by Crippen LogP contribution is 2.13. The molecule has 3 N–H and O–H groups in total. The highest BCUT2D eigenvalue weighted by Gasteiger charge is 2.07. The zero-order chi connectivity index (χ0) is 12.0. The lowest BCUT2D eigenvalue weighted by molar-refractivity contribution is -0.116. The minimum absolute atomic E-state index is 0.171. The van der Waals surface area contributed by atoms with Crippen molar-refractivity contribution in [3.63, 3.8) is 0 Å². The first kappa shape index (κ1) is 13.0. The second-order valence-corrected chi connectivity index (χ2v) is 3.87. The van der Waals surface area contributed by atoms with Gasteiger partial charge in [-0.05, 0) is 30.7 Å². The second-order valence-electron chi connectivity index (χ2n) is 3.43. The van der Waals surface area contributed by atoms with Crippen molar-refractivity contribution in [1.29, 1.82) is 0 Å². The van der Waals surface area contributed by atoms with Gasteiger partial charge < -0.3 is 15.5 Å². The summed E-state index contributed by atoms with van der Waals surface area (Å²) in [6.45, 7) is -0.325. The van der Waals surface area contributed by atoms with E-state index in [-0.39, 0.29) is 25.4 Å². The van der Waals surface area contributed by atoms with Gasteiger partial charge in [-0.15, -0.1) is 0 Å². The van der Waals surface area contributed by atoms with Crippen molar-refractivity contribution in [2.45, 2.75) is 18.9 Å². The van der Waals surface area contributed by atoms with E-state index in [1.165, 1.54) is 0 Å². The molecule has 0 saturated heterocycles. The van der Waals surface area contributed by atoms with E-state index in [0.29, 0.717) is 10.7 Å². The average Bonchev–Trinajstić information content (AvgIpc) is 2.29. The molecule has 1 unspecified atom stereocenters. The summed E-state index contributed by atoms with van der Waals surface area (Å²) in [4.78, 5) is 11.4. The molecule has 0 aromatic heterocycles. The van der Waals surface area contributed by atoms with E-state index >= 15 is 0 Å². The standard InChI is InChI=1S/C11H14ClNO3/c12-8-1-3-9(4-2-8)13-11(16)6-5-10(15)7-14/h1-4,10,14-15H,5-7H2,(H,13,16). The Morgan fingerprint density at radius 2 is 2.00 bits per heavy atom. The Bertz CT molecular complexity index is 340. The van der Waals surface area contributed by atoms with Gasteiger partial charge in [-0.2, -0.15) is 0 Å². The number of carbonyl (C=O) groups excluding carboxylic acids is 1. The molecule has 88 valence electrons. The molecule has 16 heavy (non-hydrogen) atoms. The zero-order valence-electron chi connectivity index (χ0n) is 8.69. The van der Waals surface area contributed by atoms with Crippen LogP contribution in [0.4, 0.5) is 5.69 Å². The summed E-state index contributed by atoms with van der Waals surface area (Å²) < 4.78 is 0. The van der Waals surface area contributed by atoms with E-state index in [2.05, 4.69) is 5.32 Å². The van der Waals surface area contributed by atoms with Gasteiger partial charge in [-0.3, -0.25) is 4.79 Å². The quantitative estimate of drug-likeness (QED) is 0.733. The predicted molar refractivity (Wildman–Crippen MR) is 62.4 cm³/mol. The Hall–Kier alpha value is -1.10. The summed E-state index contributed by atoms with van der Waals surface area (Å²) in [7, 11) is 0. The number of halogens is 1. The summed E-state index contributed by atoms with van der Waals surface area (Å²) >= 11 is 5.70. The van der Waals surface area contributed by atoms with Crippen LogP contribution in [0.2, 0.25) is 5.02 Å². The van der Waals surface area contributed by atoms with Crippen molar-refractivity contribution in [2.24, 2.45) is 0 Å². The van der Waals surface area contributed by atoms with Gasteiger partial charge in [0.1, 0.15) is 0 Å². The van der Waals surface area contributed by atoms with Crippen molar-refractivity contribution < 1.29 is 15.0 Å². The van der Waals surface area contributed by atoms with E-state index in [1.807, 2.05) is 0 Å². The molecule has 0 radical (unpaired) electrons. The van der Waals surface area contributed by atoms with Crippen molar-refractivity contribution in [2.75, 3.05) is 11.9 Å². The van der Waals surface area contributed by atoms with Gasteiger partial charge in [0.25, 0.3) is 0 Å². The van der Waals surface area contributed by atoms with Crippen molar-refractivity contribution in [3.05, 3.63) is 29.3 Å². The summed E-state index contributed by atoms with van der Waals surface area (Å²) in [5, 5.41) is 20.9. The Balaban J connectivity index is 2.37. The Labute approximate surface area is 98.9 Å². The van der Waals surface area contributed by atoms with Crippen molar-refractivity contribution in [3.8, 4) is 0 Å². The summed E-state index contributed by atoms with van der Waals surface area (Å²) in [6.07, 6.45) is -0.420. The molecule has 0 spiro atoms. The van der Waals surface area contributed by atoms with E-state index in [9.17, 15) is 4.79 Å². The minimum atomic E-state index is -0.837. The van der Waals surface area contributed by atoms with Gasteiger partial charge >= 0.3 is 0 Å². The Kier molecular flexibility index (Phi) is 5.25. The molecule has 4 nitrogen and oxygen atoms in total. The molecule has 1 aromatic rings. The van der Waals surface area contributed by atoms with Crippen LogP contribution < -0.4 is 5.32 Å². The van der Waals surface area contributed by atoms with Gasteiger partial charge in [-0.25, -0.2) is 0 Å². The number of aliphatic hydroxyl groups excluding tert-OH is 2. The van der Waals surface area contributed by atoms with Crippen molar-refractivity contribution in [1.82, 2.24) is 0 Å². The van der Waals surface area contributed by atoms with E-state index in [0.717, 1.165) is 0 Å². The lowest BCUT2D eigenvalue weighted by Gasteiger charge is -2.07. The van der Waals surface area contributed by atoms with Crippen LogP contribution in [0, 0.1) is 0 Å². The fourth-order valence-electron chi connectivity index (χ4n) is 1.15. The molecule has 0 aliphatic rings. The Morgan fingerprint density at radius 3 is 2.56 bits per heavy atom. The van der Waals surface area contributed by atoms with Crippen LogP contribution in [-0.4, -0.2) is 28.8 Å². The fourth-order valence-corrected chi connectivity index (χ4v) is 1.27. The van der Waals surface area contributed by atoms with Gasteiger partial charge in [0.15, 0.2) is 0 Å². The molecular weight excluding hydrogens is 230 g/mol. The van der Waals surface area contributed by atoms with Gasteiger partial charge in [0, 0.05) is 17.1 Å². The van der Waals surface area contributed by atoms with E-state index < -0.39 is 6.10 Å². The molecule has 1 atom stereocenters. The molecular formula is C11H14ClNO3. The van der Waals surface area contributed by atoms with Gasteiger partial charge in [0.05, 0.1) is 12.7 Å². The minimum Gasteiger partial charge on any atom is -0.394 e. The number of hydrogen-bond acceptors (Lipinski definition) is 3. The highest BCUT2D eigenvalue weighted by atomic mass is 35.5. The van der Waals surface area contributed by atoms with Gasteiger partial charge in [0.2, 0.25) is 5.91 Å². The first-order chi connectivity index (χ1) is 7.61. The molecule has 1 rings (SSSR count). The molecule has 0 fully saturated rings. The monoisotopic (exact) mass is 243 g/mol. The smallest absolute Gasteiger partial charge is 0.224 e. The Morgan fingerprint density at radius 1 is 1.38 bits per heavy atom. The first-order valence-electron chi connectivity index (χ1n) is 4.96. The zero-order valence-corrected chi connectivity index (χ0v) is 9.44. The topological polar surface area (TPSA) is 69.6 Å². The predicted octanol–water partition coefficient (Wildman–Crippen LogP) is 1.41. The third kappa shape index (κ3) is 4.61. The normalized spacial score (nSPS) is 12.2. The molecule has 0 heterocycles. The molecule has 0 saturated carbocycles. The number of aliphatic hydroxyl groups is 2. The number of hydrogen-bond donors (Lipinski definition) is 3. The van der Waals surface area contributed by atoms with Crippen LogP contribution in [0.3, 0.4) is 0 Å². The SMILES string of the molecule is O=C(CCC(O)CO)Nc1ccc(Cl)cc1. The average molecular weight is 244 g/mol.